The lowest BCUT2D eigenvalue weighted by Gasteiger charge is -2.07. The molecule has 118 valence electrons. The molecule has 2 aromatic carbocycles. The van der Waals surface area contributed by atoms with Gasteiger partial charge >= 0.3 is 6.03 Å². The number of urea groups is 1. The molecule has 0 saturated heterocycles. The van der Waals surface area contributed by atoms with Gasteiger partial charge < -0.3 is 15.1 Å². The minimum atomic E-state index is -0.306. The molecule has 0 aliphatic carbocycles. The highest BCUT2D eigenvalue weighted by molar-refractivity contribution is 6.42. The molecule has 0 spiro atoms. The zero-order valence-corrected chi connectivity index (χ0v) is 13.6. The molecule has 1 aromatic heterocycles. The first-order valence-corrected chi connectivity index (χ1v) is 7.85. The molecule has 1 heterocycles. The largest absolute Gasteiger partial charge is 0.461 e. The van der Waals surface area contributed by atoms with Crippen LogP contribution in [0.3, 0.4) is 0 Å². The summed E-state index contributed by atoms with van der Waals surface area (Å²) in [6.45, 7) is 0.465. The van der Waals surface area contributed by atoms with Crippen molar-refractivity contribution < 1.29 is 9.21 Å². The SMILES string of the molecule is O=C(NCCc1cc2ccccc2o1)Nc1ccc(Cl)c(Cl)c1. The van der Waals surface area contributed by atoms with Crippen LogP contribution in [0.15, 0.2) is 52.9 Å². The number of halogens is 2. The van der Waals surface area contributed by atoms with Gasteiger partial charge in [-0.05, 0) is 30.3 Å². The van der Waals surface area contributed by atoms with Gasteiger partial charge in [-0.3, -0.25) is 0 Å². The van der Waals surface area contributed by atoms with E-state index in [1.54, 1.807) is 18.2 Å². The number of amides is 2. The van der Waals surface area contributed by atoms with Crippen molar-refractivity contribution in [2.75, 3.05) is 11.9 Å². The van der Waals surface area contributed by atoms with Crippen LogP contribution in [0.2, 0.25) is 10.0 Å². The Morgan fingerprint density at radius 2 is 1.87 bits per heavy atom. The van der Waals surface area contributed by atoms with E-state index in [0.717, 1.165) is 16.7 Å². The number of carbonyl (C=O) groups excluding carboxylic acids is 1. The van der Waals surface area contributed by atoms with Crippen molar-refractivity contribution >= 4 is 45.9 Å². The molecule has 0 unspecified atom stereocenters. The molecule has 4 nitrogen and oxygen atoms in total. The third-order valence-electron chi connectivity index (χ3n) is 3.31. The van der Waals surface area contributed by atoms with Crippen LogP contribution < -0.4 is 10.6 Å². The van der Waals surface area contributed by atoms with Gasteiger partial charge in [-0.2, -0.15) is 0 Å². The second-order valence-corrected chi connectivity index (χ2v) is 5.82. The van der Waals surface area contributed by atoms with Crippen molar-refractivity contribution in [2.45, 2.75) is 6.42 Å². The molecule has 6 heteroatoms. The molecule has 3 aromatic rings. The maximum Gasteiger partial charge on any atom is 0.319 e. The molecule has 2 N–H and O–H groups in total. The Hall–Kier alpha value is -2.17. The number of para-hydroxylation sites is 1. The summed E-state index contributed by atoms with van der Waals surface area (Å²) >= 11 is 11.7. The number of anilines is 1. The average molecular weight is 349 g/mol. The molecule has 0 fully saturated rings. The summed E-state index contributed by atoms with van der Waals surface area (Å²) in [4.78, 5) is 11.8. The summed E-state index contributed by atoms with van der Waals surface area (Å²) in [7, 11) is 0. The third-order valence-corrected chi connectivity index (χ3v) is 4.05. The number of hydrogen-bond donors (Lipinski definition) is 2. The lowest BCUT2D eigenvalue weighted by atomic mass is 10.2. The molecule has 0 aliphatic heterocycles. The number of carbonyl (C=O) groups is 1. The van der Waals surface area contributed by atoms with Gasteiger partial charge in [0.2, 0.25) is 0 Å². The van der Waals surface area contributed by atoms with Crippen molar-refractivity contribution in [3.63, 3.8) is 0 Å². The van der Waals surface area contributed by atoms with E-state index < -0.39 is 0 Å². The zero-order valence-electron chi connectivity index (χ0n) is 12.1. The average Bonchev–Trinajstić information content (AvgIpc) is 2.93. The monoisotopic (exact) mass is 348 g/mol. The van der Waals surface area contributed by atoms with E-state index in [9.17, 15) is 4.79 Å². The number of benzene rings is 2. The number of fused-ring (bicyclic) bond motifs is 1. The van der Waals surface area contributed by atoms with Crippen LogP contribution in [0.25, 0.3) is 11.0 Å². The van der Waals surface area contributed by atoms with Crippen LogP contribution in [-0.4, -0.2) is 12.6 Å². The summed E-state index contributed by atoms with van der Waals surface area (Å²) in [5.74, 6) is 0.834. The van der Waals surface area contributed by atoms with E-state index in [4.69, 9.17) is 27.6 Å². The molecule has 3 rings (SSSR count). The third kappa shape index (κ3) is 3.97. The summed E-state index contributed by atoms with van der Waals surface area (Å²) in [6.07, 6.45) is 0.615. The molecular formula is C17H14Cl2N2O2. The van der Waals surface area contributed by atoms with Gasteiger partial charge in [0.05, 0.1) is 10.0 Å². The van der Waals surface area contributed by atoms with Gasteiger partial charge in [0.25, 0.3) is 0 Å². The quantitative estimate of drug-likeness (QED) is 0.688. The van der Waals surface area contributed by atoms with Crippen molar-refractivity contribution in [2.24, 2.45) is 0 Å². The van der Waals surface area contributed by atoms with E-state index in [2.05, 4.69) is 10.6 Å². The molecule has 0 radical (unpaired) electrons. The number of furan rings is 1. The predicted molar refractivity (Wildman–Crippen MR) is 93.4 cm³/mol. The van der Waals surface area contributed by atoms with Crippen molar-refractivity contribution in [3.05, 3.63) is 64.3 Å². The maximum atomic E-state index is 11.8. The number of rotatable bonds is 4. The molecule has 23 heavy (non-hydrogen) atoms. The van der Waals surface area contributed by atoms with Crippen molar-refractivity contribution in [1.82, 2.24) is 5.32 Å². The molecule has 0 atom stereocenters. The summed E-state index contributed by atoms with van der Waals surface area (Å²) in [5, 5.41) is 7.37. The Bertz CT molecular complexity index is 812. The van der Waals surface area contributed by atoms with Crippen LogP contribution >= 0.6 is 23.2 Å². The standard InChI is InChI=1S/C17H14Cl2N2O2/c18-14-6-5-12(10-15(14)19)21-17(22)20-8-7-13-9-11-3-1-2-4-16(11)23-13/h1-6,9-10H,7-8H2,(H2,20,21,22). The van der Waals surface area contributed by atoms with Crippen LogP contribution in [0.5, 0.6) is 0 Å². The van der Waals surface area contributed by atoms with E-state index in [-0.39, 0.29) is 6.03 Å². The fourth-order valence-electron chi connectivity index (χ4n) is 2.21. The Kier molecular flexibility index (Phi) is 4.74. The van der Waals surface area contributed by atoms with Gasteiger partial charge in [0, 0.05) is 24.0 Å². The Morgan fingerprint density at radius 3 is 2.65 bits per heavy atom. The fourth-order valence-corrected chi connectivity index (χ4v) is 2.51. The second kappa shape index (κ2) is 6.94. The topological polar surface area (TPSA) is 54.3 Å². The minimum Gasteiger partial charge on any atom is -0.461 e. The van der Waals surface area contributed by atoms with Crippen LogP contribution in [0, 0.1) is 0 Å². The summed E-state index contributed by atoms with van der Waals surface area (Å²) in [6, 6.07) is 14.4. The molecule has 0 aliphatic rings. The minimum absolute atomic E-state index is 0.306. The summed E-state index contributed by atoms with van der Waals surface area (Å²) < 4.78 is 5.69. The second-order valence-electron chi connectivity index (χ2n) is 5.01. The van der Waals surface area contributed by atoms with Gasteiger partial charge in [-0.15, -0.1) is 0 Å². The fraction of sp³-hybridized carbons (Fsp3) is 0.118. The van der Waals surface area contributed by atoms with Crippen molar-refractivity contribution in [3.8, 4) is 0 Å². The van der Waals surface area contributed by atoms with Gasteiger partial charge in [-0.25, -0.2) is 4.79 Å². The zero-order chi connectivity index (χ0) is 16.2. The highest BCUT2D eigenvalue weighted by atomic mass is 35.5. The van der Waals surface area contributed by atoms with Crippen LogP contribution in [0.4, 0.5) is 10.5 Å². The first-order chi connectivity index (χ1) is 11.1. The Morgan fingerprint density at radius 1 is 1.04 bits per heavy atom. The Balaban J connectivity index is 1.51. The summed E-state index contributed by atoms with van der Waals surface area (Å²) in [5.41, 5.74) is 1.43. The van der Waals surface area contributed by atoms with Crippen molar-refractivity contribution in [1.29, 1.82) is 0 Å². The first-order valence-electron chi connectivity index (χ1n) is 7.09. The van der Waals surface area contributed by atoms with E-state index >= 15 is 0 Å². The predicted octanol–water partition coefficient (Wildman–Crippen LogP) is 5.10. The molecule has 2 amide bonds. The van der Waals surface area contributed by atoms with E-state index in [1.807, 2.05) is 30.3 Å². The lowest BCUT2D eigenvalue weighted by Crippen LogP contribution is -2.30. The van der Waals surface area contributed by atoms with Gasteiger partial charge in [-0.1, -0.05) is 41.4 Å². The lowest BCUT2D eigenvalue weighted by molar-refractivity contribution is 0.252. The molecule has 0 bridgehead atoms. The number of hydrogen-bond acceptors (Lipinski definition) is 2. The Labute approximate surface area is 143 Å². The van der Waals surface area contributed by atoms with E-state index in [0.29, 0.717) is 28.7 Å². The van der Waals surface area contributed by atoms with Gasteiger partial charge in [0.1, 0.15) is 11.3 Å². The smallest absolute Gasteiger partial charge is 0.319 e. The first kappa shape index (κ1) is 15.7. The molecule has 0 saturated carbocycles. The highest BCUT2D eigenvalue weighted by Crippen LogP contribution is 2.25. The normalized spacial score (nSPS) is 10.7. The van der Waals surface area contributed by atoms with E-state index in [1.165, 1.54) is 0 Å². The molecular weight excluding hydrogens is 335 g/mol. The maximum absolute atomic E-state index is 11.8. The van der Waals surface area contributed by atoms with Crippen LogP contribution in [-0.2, 0) is 6.42 Å². The number of nitrogens with one attached hydrogen (secondary N) is 2. The van der Waals surface area contributed by atoms with Crippen LogP contribution in [0.1, 0.15) is 5.76 Å². The highest BCUT2D eigenvalue weighted by Gasteiger charge is 2.06. The van der Waals surface area contributed by atoms with Gasteiger partial charge in [0.15, 0.2) is 0 Å².